The van der Waals surface area contributed by atoms with Gasteiger partial charge in [-0.15, -0.1) is 0 Å². The molecule has 1 aromatic carbocycles. The van der Waals surface area contributed by atoms with Crippen molar-refractivity contribution >= 4 is 17.3 Å². The number of hydrogen-bond acceptors (Lipinski definition) is 6. The lowest BCUT2D eigenvalue weighted by atomic mass is 10.1. The van der Waals surface area contributed by atoms with Gasteiger partial charge in [-0.25, -0.2) is 0 Å². The summed E-state index contributed by atoms with van der Waals surface area (Å²) in [5.41, 5.74) is 5.78. The molecule has 8 heteroatoms. The Balaban J connectivity index is 2.45. The number of nitrogens with zero attached hydrogens (tertiary/aromatic N) is 2. The first kappa shape index (κ1) is 16.9. The normalized spacial score (nSPS) is 10.6. The van der Waals surface area contributed by atoms with E-state index in [9.17, 15) is 14.9 Å². The highest BCUT2D eigenvalue weighted by Crippen LogP contribution is 2.19. The maximum Gasteiger partial charge on any atom is 0.270 e. The SMILES string of the molecule is CN(C)CCOCCNC(=O)c1cc([N+](=O)[O-])ccc1N. The van der Waals surface area contributed by atoms with Crippen molar-refractivity contribution in [3.05, 3.63) is 33.9 Å². The van der Waals surface area contributed by atoms with E-state index in [1.165, 1.54) is 12.1 Å². The number of nitrogen functional groups attached to an aromatic ring is 1. The summed E-state index contributed by atoms with van der Waals surface area (Å²) < 4.78 is 5.33. The lowest BCUT2D eigenvalue weighted by Crippen LogP contribution is -2.29. The number of nitro groups is 1. The van der Waals surface area contributed by atoms with Crippen LogP contribution in [0.15, 0.2) is 18.2 Å². The van der Waals surface area contributed by atoms with Gasteiger partial charge in [0.25, 0.3) is 11.6 Å². The number of ether oxygens (including phenoxy) is 1. The molecule has 0 heterocycles. The standard InChI is InChI=1S/C13H20N4O4/c1-16(2)6-8-21-7-5-15-13(18)11-9-10(17(19)20)3-4-12(11)14/h3-4,9H,5-8,14H2,1-2H3,(H,15,18). The number of rotatable bonds is 8. The lowest BCUT2D eigenvalue weighted by Gasteiger charge is -2.10. The van der Waals surface area contributed by atoms with Crippen molar-refractivity contribution in [2.45, 2.75) is 0 Å². The Hall–Kier alpha value is -2.19. The van der Waals surface area contributed by atoms with Crippen LogP contribution in [0.5, 0.6) is 0 Å². The minimum Gasteiger partial charge on any atom is -0.398 e. The molecule has 0 radical (unpaired) electrons. The molecule has 1 amide bonds. The molecule has 0 aliphatic carbocycles. The Morgan fingerprint density at radius 1 is 1.43 bits per heavy atom. The van der Waals surface area contributed by atoms with E-state index in [-0.39, 0.29) is 16.9 Å². The van der Waals surface area contributed by atoms with Crippen molar-refractivity contribution in [2.24, 2.45) is 0 Å². The van der Waals surface area contributed by atoms with Crippen molar-refractivity contribution in [1.82, 2.24) is 10.2 Å². The third kappa shape index (κ3) is 5.76. The molecular formula is C13H20N4O4. The number of carbonyl (C=O) groups is 1. The van der Waals surface area contributed by atoms with Crippen LogP contribution in [-0.2, 0) is 4.74 Å². The Bertz CT molecular complexity index is 505. The zero-order valence-electron chi connectivity index (χ0n) is 12.2. The summed E-state index contributed by atoms with van der Waals surface area (Å²) in [6, 6.07) is 3.77. The summed E-state index contributed by atoms with van der Waals surface area (Å²) in [7, 11) is 3.88. The highest BCUT2D eigenvalue weighted by molar-refractivity contribution is 5.99. The molecule has 0 fully saturated rings. The van der Waals surface area contributed by atoms with Crippen LogP contribution in [0.1, 0.15) is 10.4 Å². The molecule has 116 valence electrons. The Morgan fingerprint density at radius 2 is 2.14 bits per heavy atom. The predicted octanol–water partition coefficient (Wildman–Crippen LogP) is 0.485. The number of hydrogen-bond donors (Lipinski definition) is 2. The van der Waals surface area contributed by atoms with Crippen molar-refractivity contribution < 1.29 is 14.5 Å². The molecule has 0 unspecified atom stereocenters. The fraction of sp³-hybridized carbons (Fsp3) is 0.462. The number of nitrogens with one attached hydrogen (secondary N) is 1. The average molecular weight is 296 g/mol. The minimum absolute atomic E-state index is 0.0949. The number of likely N-dealkylation sites (N-methyl/N-ethyl adjacent to an activating group) is 1. The van der Waals surface area contributed by atoms with Gasteiger partial charge in [-0.05, 0) is 20.2 Å². The summed E-state index contributed by atoms with van der Waals surface area (Å²) in [6.45, 7) is 2.05. The van der Waals surface area contributed by atoms with E-state index in [0.29, 0.717) is 19.8 Å². The zero-order chi connectivity index (χ0) is 15.8. The van der Waals surface area contributed by atoms with Crippen molar-refractivity contribution in [3.8, 4) is 0 Å². The van der Waals surface area contributed by atoms with E-state index in [2.05, 4.69) is 5.32 Å². The molecule has 0 saturated carbocycles. The smallest absolute Gasteiger partial charge is 0.270 e. The number of non-ortho nitro benzene ring substituents is 1. The first-order valence-corrected chi connectivity index (χ1v) is 6.46. The van der Waals surface area contributed by atoms with Gasteiger partial charge in [-0.3, -0.25) is 14.9 Å². The van der Waals surface area contributed by atoms with Crippen molar-refractivity contribution in [3.63, 3.8) is 0 Å². The molecule has 3 N–H and O–H groups in total. The van der Waals surface area contributed by atoms with Crippen LogP contribution in [0.25, 0.3) is 0 Å². The number of anilines is 1. The van der Waals surface area contributed by atoms with Crippen LogP contribution >= 0.6 is 0 Å². The molecule has 0 saturated heterocycles. The number of carbonyl (C=O) groups excluding carboxylic acids is 1. The number of benzene rings is 1. The van der Waals surface area contributed by atoms with Gasteiger partial charge in [-0.2, -0.15) is 0 Å². The Labute approximate surface area is 123 Å². The van der Waals surface area contributed by atoms with Crippen molar-refractivity contribution in [1.29, 1.82) is 0 Å². The molecule has 0 atom stereocenters. The van der Waals surface area contributed by atoms with Crippen LogP contribution < -0.4 is 11.1 Å². The van der Waals surface area contributed by atoms with Crippen molar-refractivity contribution in [2.75, 3.05) is 46.1 Å². The maximum absolute atomic E-state index is 11.9. The average Bonchev–Trinajstić information content (AvgIpc) is 2.42. The third-order valence-corrected chi connectivity index (χ3v) is 2.71. The molecule has 0 spiro atoms. The Morgan fingerprint density at radius 3 is 2.76 bits per heavy atom. The van der Waals surface area contributed by atoms with Gasteiger partial charge < -0.3 is 20.7 Å². The molecule has 8 nitrogen and oxygen atoms in total. The minimum atomic E-state index is -0.569. The second-order valence-electron chi connectivity index (χ2n) is 4.70. The third-order valence-electron chi connectivity index (χ3n) is 2.71. The van der Waals surface area contributed by atoms with Gasteiger partial charge >= 0.3 is 0 Å². The largest absolute Gasteiger partial charge is 0.398 e. The molecule has 1 rings (SSSR count). The molecule has 0 aliphatic rings. The van der Waals surface area contributed by atoms with Crippen LogP contribution in [0, 0.1) is 10.1 Å². The second-order valence-corrected chi connectivity index (χ2v) is 4.70. The van der Waals surface area contributed by atoms with Gasteiger partial charge in [0.2, 0.25) is 0 Å². The van der Waals surface area contributed by atoms with Gasteiger partial charge in [0.05, 0.1) is 23.7 Å². The number of amides is 1. The lowest BCUT2D eigenvalue weighted by molar-refractivity contribution is -0.384. The summed E-state index contributed by atoms with van der Waals surface area (Å²) in [4.78, 5) is 24.0. The number of nitrogens with two attached hydrogens (primary N) is 1. The molecule has 1 aromatic rings. The summed E-state index contributed by atoms with van der Waals surface area (Å²) >= 11 is 0. The highest BCUT2D eigenvalue weighted by Gasteiger charge is 2.14. The quantitative estimate of drug-likeness (QED) is 0.312. The van der Waals surface area contributed by atoms with Gasteiger partial charge in [0, 0.05) is 30.9 Å². The van der Waals surface area contributed by atoms with E-state index in [1.807, 2.05) is 19.0 Å². The van der Waals surface area contributed by atoms with Crippen LogP contribution in [0.2, 0.25) is 0 Å². The fourth-order valence-corrected chi connectivity index (χ4v) is 1.54. The van der Waals surface area contributed by atoms with Gasteiger partial charge in [0.1, 0.15) is 0 Å². The Kier molecular flexibility index (Phi) is 6.57. The second kappa shape index (κ2) is 8.18. The van der Waals surface area contributed by atoms with E-state index < -0.39 is 10.8 Å². The van der Waals surface area contributed by atoms with E-state index in [4.69, 9.17) is 10.5 Å². The summed E-state index contributed by atoms with van der Waals surface area (Å²) in [6.07, 6.45) is 0. The molecule has 0 aliphatic heterocycles. The first-order chi connectivity index (χ1) is 9.91. The molecule has 0 aromatic heterocycles. The van der Waals surface area contributed by atoms with Crippen LogP contribution in [-0.4, -0.2) is 56.1 Å². The number of nitro benzene ring substituents is 1. The molecule has 0 bridgehead atoms. The highest BCUT2D eigenvalue weighted by atomic mass is 16.6. The monoisotopic (exact) mass is 296 g/mol. The topological polar surface area (TPSA) is 111 Å². The van der Waals surface area contributed by atoms with Crippen LogP contribution in [0.4, 0.5) is 11.4 Å². The van der Waals surface area contributed by atoms with Crippen LogP contribution in [0.3, 0.4) is 0 Å². The van der Waals surface area contributed by atoms with Gasteiger partial charge in [-0.1, -0.05) is 0 Å². The molecule has 21 heavy (non-hydrogen) atoms. The van der Waals surface area contributed by atoms with E-state index in [1.54, 1.807) is 0 Å². The van der Waals surface area contributed by atoms with E-state index in [0.717, 1.165) is 12.6 Å². The maximum atomic E-state index is 11.9. The summed E-state index contributed by atoms with van der Waals surface area (Å²) in [5.74, 6) is -0.451. The zero-order valence-corrected chi connectivity index (χ0v) is 12.2. The molecular weight excluding hydrogens is 276 g/mol. The van der Waals surface area contributed by atoms with E-state index >= 15 is 0 Å². The predicted molar refractivity (Wildman–Crippen MR) is 79.2 cm³/mol. The van der Waals surface area contributed by atoms with Gasteiger partial charge in [0.15, 0.2) is 0 Å². The first-order valence-electron chi connectivity index (χ1n) is 6.46. The fourth-order valence-electron chi connectivity index (χ4n) is 1.54. The summed E-state index contributed by atoms with van der Waals surface area (Å²) in [5, 5.41) is 13.3.